The van der Waals surface area contributed by atoms with Crippen LogP contribution in [0.1, 0.15) is 29.6 Å². The van der Waals surface area contributed by atoms with E-state index in [4.69, 9.17) is 4.42 Å². The Morgan fingerprint density at radius 2 is 1.72 bits per heavy atom. The number of nitrogens with one attached hydrogen (secondary N) is 1. The van der Waals surface area contributed by atoms with Gasteiger partial charge in [0.2, 0.25) is 0 Å². The van der Waals surface area contributed by atoms with E-state index in [0.717, 1.165) is 29.0 Å². The summed E-state index contributed by atoms with van der Waals surface area (Å²) in [5, 5.41) is 3.45. The normalized spacial score (nSPS) is 10.7. The van der Waals surface area contributed by atoms with Crippen LogP contribution in [0.5, 0.6) is 0 Å². The van der Waals surface area contributed by atoms with Gasteiger partial charge in [0.25, 0.3) is 0 Å². The Labute approximate surface area is 117 Å². The van der Waals surface area contributed by atoms with Crippen LogP contribution in [0.4, 0.5) is 5.69 Å². The molecule has 0 aliphatic carbocycles. The predicted octanol–water partition coefficient (Wildman–Crippen LogP) is 4.83. The van der Waals surface area contributed by atoms with Crippen molar-refractivity contribution in [2.45, 2.75) is 33.7 Å². The quantitative estimate of drug-likeness (QED) is 0.875. The van der Waals surface area contributed by atoms with Crippen molar-refractivity contribution >= 4 is 21.6 Å². The van der Waals surface area contributed by atoms with Crippen LogP contribution < -0.4 is 5.32 Å². The van der Waals surface area contributed by atoms with Gasteiger partial charge in [-0.3, -0.25) is 0 Å². The van der Waals surface area contributed by atoms with Gasteiger partial charge in [0.05, 0.1) is 6.54 Å². The molecule has 0 amide bonds. The van der Waals surface area contributed by atoms with Gasteiger partial charge in [0, 0.05) is 16.6 Å². The highest BCUT2D eigenvalue weighted by molar-refractivity contribution is 9.10. The molecule has 0 saturated carbocycles. The van der Waals surface area contributed by atoms with Gasteiger partial charge < -0.3 is 9.73 Å². The number of hydrogen-bond donors (Lipinski definition) is 1. The molecular formula is C15H18BrNO. The van der Waals surface area contributed by atoms with E-state index in [1.54, 1.807) is 0 Å². The van der Waals surface area contributed by atoms with Gasteiger partial charge in [-0.25, -0.2) is 0 Å². The third-order valence-corrected chi connectivity index (χ3v) is 3.46. The fraction of sp³-hybridized carbons (Fsp3) is 0.333. The van der Waals surface area contributed by atoms with Crippen LogP contribution in [0.15, 0.2) is 33.2 Å². The lowest BCUT2D eigenvalue weighted by Crippen LogP contribution is -2.02. The number of anilines is 1. The van der Waals surface area contributed by atoms with Crippen molar-refractivity contribution in [3.8, 4) is 0 Å². The molecule has 0 bridgehead atoms. The maximum absolute atomic E-state index is 5.69. The first-order valence-corrected chi connectivity index (χ1v) is 6.97. The zero-order valence-corrected chi connectivity index (χ0v) is 12.6. The van der Waals surface area contributed by atoms with E-state index in [1.807, 2.05) is 12.1 Å². The summed E-state index contributed by atoms with van der Waals surface area (Å²) in [7, 11) is 0. The minimum Gasteiger partial charge on any atom is -0.464 e. The molecule has 0 unspecified atom stereocenters. The maximum atomic E-state index is 5.69. The molecule has 2 rings (SSSR count). The Morgan fingerprint density at radius 3 is 2.28 bits per heavy atom. The molecule has 0 spiro atoms. The molecule has 2 nitrogen and oxygen atoms in total. The topological polar surface area (TPSA) is 25.2 Å². The zero-order chi connectivity index (χ0) is 13.1. The highest BCUT2D eigenvalue weighted by Gasteiger charge is 2.05. The van der Waals surface area contributed by atoms with E-state index >= 15 is 0 Å². The van der Waals surface area contributed by atoms with Crippen LogP contribution in [0.25, 0.3) is 0 Å². The van der Waals surface area contributed by atoms with E-state index in [0.29, 0.717) is 0 Å². The van der Waals surface area contributed by atoms with Gasteiger partial charge >= 0.3 is 0 Å². The second-order valence-electron chi connectivity index (χ2n) is 4.49. The Bertz CT molecular complexity index is 522. The minimum absolute atomic E-state index is 0.726. The van der Waals surface area contributed by atoms with E-state index in [1.165, 1.54) is 16.8 Å². The summed E-state index contributed by atoms with van der Waals surface area (Å²) in [6, 6.07) is 8.32. The molecule has 96 valence electrons. The minimum atomic E-state index is 0.726. The van der Waals surface area contributed by atoms with Gasteiger partial charge in [-0.15, -0.1) is 0 Å². The van der Waals surface area contributed by atoms with Gasteiger partial charge in [-0.1, -0.05) is 22.9 Å². The molecule has 0 fully saturated rings. The first-order chi connectivity index (χ1) is 8.60. The fourth-order valence-corrected chi connectivity index (χ4v) is 2.76. The number of aryl methyl sites for hydroxylation is 3. The Kier molecular flexibility index (Phi) is 4.12. The van der Waals surface area contributed by atoms with E-state index in [2.05, 4.69) is 54.2 Å². The molecule has 18 heavy (non-hydrogen) atoms. The molecule has 1 N–H and O–H groups in total. The van der Waals surface area contributed by atoms with Crippen molar-refractivity contribution < 1.29 is 4.42 Å². The van der Waals surface area contributed by atoms with Crippen LogP contribution in [0, 0.1) is 13.8 Å². The SMILES string of the molecule is CCc1ccc(CNc2c(C)cc(Br)cc2C)o1. The molecule has 1 aromatic heterocycles. The molecule has 1 aromatic carbocycles. The molecule has 0 radical (unpaired) electrons. The van der Waals surface area contributed by atoms with Crippen molar-refractivity contribution in [2.75, 3.05) is 5.32 Å². The van der Waals surface area contributed by atoms with Gasteiger partial charge in [-0.05, 0) is 49.2 Å². The number of benzene rings is 1. The number of hydrogen-bond acceptors (Lipinski definition) is 2. The summed E-state index contributed by atoms with van der Waals surface area (Å²) in [5.74, 6) is 2.02. The lowest BCUT2D eigenvalue weighted by molar-refractivity contribution is 0.476. The van der Waals surface area contributed by atoms with E-state index < -0.39 is 0 Å². The smallest absolute Gasteiger partial charge is 0.123 e. The summed E-state index contributed by atoms with van der Waals surface area (Å²) in [6.07, 6.45) is 0.941. The number of rotatable bonds is 4. The number of furan rings is 1. The van der Waals surface area contributed by atoms with Gasteiger partial charge in [0.1, 0.15) is 11.5 Å². The molecule has 2 aromatic rings. The van der Waals surface area contributed by atoms with Gasteiger partial charge in [-0.2, -0.15) is 0 Å². The molecule has 0 aliphatic rings. The molecule has 1 heterocycles. The Morgan fingerprint density at radius 1 is 1.11 bits per heavy atom. The highest BCUT2D eigenvalue weighted by Crippen LogP contribution is 2.25. The van der Waals surface area contributed by atoms with Crippen LogP contribution in [-0.4, -0.2) is 0 Å². The second-order valence-corrected chi connectivity index (χ2v) is 5.41. The fourth-order valence-electron chi connectivity index (χ4n) is 2.07. The molecule has 0 saturated heterocycles. The average molecular weight is 308 g/mol. The largest absolute Gasteiger partial charge is 0.464 e. The van der Waals surface area contributed by atoms with Crippen LogP contribution in [0.3, 0.4) is 0 Å². The van der Waals surface area contributed by atoms with Crippen LogP contribution >= 0.6 is 15.9 Å². The summed E-state index contributed by atoms with van der Waals surface area (Å²) in [5.41, 5.74) is 3.67. The third-order valence-electron chi connectivity index (χ3n) is 3.00. The van der Waals surface area contributed by atoms with E-state index in [-0.39, 0.29) is 0 Å². The van der Waals surface area contributed by atoms with Crippen molar-refractivity contribution in [1.82, 2.24) is 0 Å². The van der Waals surface area contributed by atoms with Gasteiger partial charge in [0.15, 0.2) is 0 Å². The summed E-state index contributed by atoms with van der Waals surface area (Å²) in [4.78, 5) is 0. The van der Waals surface area contributed by atoms with Crippen molar-refractivity contribution in [1.29, 1.82) is 0 Å². The molecule has 0 aliphatic heterocycles. The lowest BCUT2D eigenvalue weighted by atomic mass is 10.1. The first kappa shape index (κ1) is 13.2. The molecule has 3 heteroatoms. The van der Waals surface area contributed by atoms with Crippen LogP contribution in [0.2, 0.25) is 0 Å². The number of halogens is 1. The maximum Gasteiger partial charge on any atom is 0.123 e. The molecule has 0 atom stereocenters. The summed E-state index contributed by atoms with van der Waals surface area (Å²) >= 11 is 3.51. The monoisotopic (exact) mass is 307 g/mol. The van der Waals surface area contributed by atoms with E-state index in [9.17, 15) is 0 Å². The van der Waals surface area contributed by atoms with Crippen molar-refractivity contribution in [3.05, 3.63) is 51.4 Å². The Balaban J connectivity index is 2.10. The predicted molar refractivity (Wildman–Crippen MR) is 79.0 cm³/mol. The molecular weight excluding hydrogens is 290 g/mol. The Hall–Kier alpha value is -1.22. The van der Waals surface area contributed by atoms with Crippen molar-refractivity contribution in [2.24, 2.45) is 0 Å². The second kappa shape index (κ2) is 5.61. The standard InChI is InChI=1S/C15H18BrNO/c1-4-13-5-6-14(18-13)9-17-15-10(2)7-12(16)8-11(15)3/h5-8,17H,4,9H2,1-3H3. The van der Waals surface area contributed by atoms with Crippen LogP contribution in [-0.2, 0) is 13.0 Å². The first-order valence-electron chi connectivity index (χ1n) is 6.18. The highest BCUT2D eigenvalue weighted by atomic mass is 79.9. The summed E-state index contributed by atoms with van der Waals surface area (Å²) in [6.45, 7) is 7.04. The van der Waals surface area contributed by atoms with Crippen molar-refractivity contribution in [3.63, 3.8) is 0 Å². The average Bonchev–Trinajstić information content (AvgIpc) is 2.75. The summed E-state index contributed by atoms with van der Waals surface area (Å²) < 4.78 is 6.81. The third kappa shape index (κ3) is 2.96. The zero-order valence-electron chi connectivity index (χ0n) is 11.0. The lowest BCUT2D eigenvalue weighted by Gasteiger charge is -2.12.